The molecule has 0 aromatic carbocycles. The van der Waals surface area contributed by atoms with Crippen LogP contribution in [-0.2, 0) is 4.79 Å². The molecule has 104 valence electrons. The molecule has 5 nitrogen and oxygen atoms in total. The minimum Gasteiger partial charge on any atom is -0.369 e. The number of carbonyl (C=O) groups excluding carboxylic acids is 1. The summed E-state index contributed by atoms with van der Waals surface area (Å²) < 4.78 is 0. The van der Waals surface area contributed by atoms with Gasteiger partial charge >= 0.3 is 0 Å². The number of carbonyl (C=O) groups is 1. The van der Waals surface area contributed by atoms with E-state index < -0.39 is 0 Å². The van der Waals surface area contributed by atoms with E-state index in [4.69, 9.17) is 28.9 Å². The number of halogens is 2. The van der Waals surface area contributed by atoms with Gasteiger partial charge in [-0.3, -0.25) is 4.79 Å². The smallest absolute Gasteiger partial charge is 0.240 e. The Balaban J connectivity index is 2.38. The monoisotopic (exact) mass is 302 g/mol. The highest BCUT2D eigenvalue weighted by Crippen LogP contribution is 2.34. The van der Waals surface area contributed by atoms with Gasteiger partial charge in [-0.1, -0.05) is 23.2 Å². The van der Waals surface area contributed by atoms with Crippen molar-refractivity contribution in [3.8, 4) is 0 Å². The van der Waals surface area contributed by atoms with Gasteiger partial charge in [-0.25, -0.2) is 4.98 Å². The summed E-state index contributed by atoms with van der Waals surface area (Å²) >= 11 is 12.2. The molecular weight excluding hydrogens is 287 g/mol. The summed E-state index contributed by atoms with van der Waals surface area (Å²) in [4.78, 5) is 17.7. The molecule has 3 N–H and O–H groups in total. The largest absolute Gasteiger partial charge is 0.369 e. The van der Waals surface area contributed by atoms with Gasteiger partial charge < -0.3 is 16.0 Å². The average Bonchev–Trinajstić information content (AvgIpc) is 2.81. The van der Waals surface area contributed by atoms with Crippen molar-refractivity contribution in [3.63, 3.8) is 0 Å². The molecule has 1 aliphatic rings. The molecule has 19 heavy (non-hydrogen) atoms. The molecule has 0 radical (unpaired) electrons. The Bertz CT molecular complexity index is 495. The van der Waals surface area contributed by atoms with Crippen molar-refractivity contribution < 1.29 is 4.79 Å². The Morgan fingerprint density at radius 3 is 2.95 bits per heavy atom. The standard InChI is InChI=1S/C12H16Cl2N4O/c1-2-16-11-7(13)6-8(14)12(17-11)18-5-3-4-9(18)10(15)19/h6,9H,2-5H2,1H3,(H2,15,19)(H,16,17). The van der Waals surface area contributed by atoms with E-state index in [9.17, 15) is 4.79 Å². The molecule has 7 heteroatoms. The van der Waals surface area contributed by atoms with Gasteiger partial charge in [0, 0.05) is 13.1 Å². The predicted molar refractivity (Wildman–Crippen MR) is 78.0 cm³/mol. The van der Waals surface area contributed by atoms with E-state index in [1.807, 2.05) is 11.8 Å². The van der Waals surface area contributed by atoms with Crippen LogP contribution in [0, 0.1) is 0 Å². The fraction of sp³-hybridized carbons (Fsp3) is 0.500. The highest BCUT2D eigenvalue weighted by Gasteiger charge is 2.31. The molecule has 0 bridgehead atoms. The van der Waals surface area contributed by atoms with Crippen LogP contribution in [0.2, 0.25) is 10.0 Å². The maximum absolute atomic E-state index is 11.4. The lowest BCUT2D eigenvalue weighted by molar-refractivity contribution is -0.119. The van der Waals surface area contributed by atoms with Gasteiger partial charge in [-0.2, -0.15) is 0 Å². The van der Waals surface area contributed by atoms with Gasteiger partial charge in [0.2, 0.25) is 5.91 Å². The van der Waals surface area contributed by atoms with Gasteiger partial charge in [-0.05, 0) is 25.8 Å². The molecule has 0 spiro atoms. The maximum Gasteiger partial charge on any atom is 0.240 e. The van der Waals surface area contributed by atoms with Gasteiger partial charge in [-0.15, -0.1) is 0 Å². The summed E-state index contributed by atoms with van der Waals surface area (Å²) in [6.07, 6.45) is 1.62. The predicted octanol–water partition coefficient (Wildman–Crippen LogP) is 2.27. The number of nitrogens with two attached hydrogens (primary N) is 1. The number of anilines is 2. The van der Waals surface area contributed by atoms with Crippen molar-refractivity contribution in [2.24, 2.45) is 5.73 Å². The van der Waals surface area contributed by atoms with Crippen molar-refractivity contribution in [1.29, 1.82) is 0 Å². The van der Waals surface area contributed by atoms with E-state index in [0.717, 1.165) is 12.8 Å². The summed E-state index contributed by atoms with van der Waals surface area (Å²) in [6.45, 7) is 3.37. The zero-order valence-electron chi connectivity index (χ0n) is 10.6. The van der Waals surface area contributed by atoms with Gasteiger partial charge in [0.25, 0.3) is 0 Å². The number of rotatable bonds is 4. The molecule has 1 aliphatic heterocycles. The Morgan fingerprint density at radius 2 is 2.32 bits per heavy atom. The van der Waals surface area contributed by atoms with E-state index in [1.165, 1.54) is 0 Å². The lowest BCUT2D eigenvalue weighted by atomic mass is 10.2. The molecular formula is C12H16Cl2N4O. The molecule has 2 heterocycles. The number of hydrogen-bond acceptors (Lipinski definition) is 4. The lowest BCUT2D eigenvalue weighted by Crippen LogP contribution is -2.41. The zero-order chi connectivity index (χ0) is 14.0. The molecule has 1 fully saturated rings. The summed E-state index contributed by atoms with van der Waals surface area (Å²) in [5, 5.41) is 3.96. The summed E-state index contributed by atoms with van der Waals surface area (Å²) in [6, 6.07) is 1.29. The normalized spacial score (nSPS) is 18.7. The quantitative estimate of drug-likeness (QED) is 0.895. The summed E-state index contributed by atoms with van der Waals surface area (Å²) in [5.41, 5.74) is 5.41. The topological polar surface area (TPSA) is 71.2 Å². The Labute approximate surface area is 122 Å². The minimum atomic E-state index is -0.352. The molecule has 1 atom stereocenters. The van der Waals surface area contributed by atoms with Crippen LogP contribution in [0.3, 0.4) is 0 Å². The van der Waals surface area contributed by atoms with Crippen LogP contribution in [-0.4, -0.2) is 30.0 Å². The highest BCUT2D eigenvalue weighted by atomic mass is 35.5. The molecule has 2 rings (SSSR count). The van der Waals surface area contributed by atoms with Crippen molar-refractivity contribution in [2.45, 2.75) is 25.8 Å². The molecule has 1 aromatic heterocycles. The zero-order valence-corrected chi connectivity index (χ0v) is 12.1. The van der Waals surface area contributed by atoms with Crippen LogP contribution in [0.1, 0.15) is 19.8 Å². The van der Waals surface area contributed by atoms with E-state index >= 15 is 0 Å². The second-order valence-electron chi connectivity index (χ2n) is 4.41. The van der Waals surface area contributed by atoms with E-state index in [1.54, 1.807) is 6.07 Å². The fourth-order valence-electron chi connectivity index (χ4n) is 2.27. The SMILES string of the molecule is CCNc1nc(N2CCCC2C(N)=O)c(Cl)cc1Cl. The Hall–Kier alpha value is -1.20. The third-order valence-corrected chi connectivity index (χ3v) is 3.67. The summed E-state index contributed by atoms with van der Waals surface area (Å²) in [7, 11) is 0. The second-order valence-corrected chi connectivity index (χ2v) is 5.22. The molecule has 1 aromatic rings. The van der Waals surface area contributed by atoms with Crippen molar-refractivity contribution >= 4 is 40.7 Å². The fourth-order valence-corrected chi connectivity index (χ4v) is 2.80. The van der Waals surface area contributed by atoms with Crippen molar-refractivity contribution in [1.82, 2.24) is 4.98 Å². The number of hydrogen-bond donors (Lipinski definition) is 2. The van der Waals surface area contributed by atoms with Gasteiger partial charge in [0.15, 0.2) is 5.82 Å². The summed E-state index contributed by atoms with van der Waals surface area (Å²) in [5.74, 6) is 0.775. The van der Waals surface area contributed by atoms with Crippen LogP contribution in [0.25, 0.3) is 0 Å². The van der Waals surface area contributed by atoms with Crippen LogP contribution in [0.15, 0.2) is 6.07 Å². The number of nitrogens with one attached hydrogen (secondary N) is 1. The molecule has 1 saturated heterocycles. The molecule has 1 unspecified atom stereocenters. The number of primary amides is 1. The Kier molecular flexibility index (Phi) is 4.37. The third-order valence-electron chi connectivity index (χ3n) is 3.11. The lowest BCUT2D eigenvalue weighted by Gasteiger charge is -2.25. The van der Waals surface area contributed by atoms with E-state index in [0.29, 0.717) is 34.8 Å². The number of aromatic nitrogens is 1. The van der Waals surface area contributed by atoms with Gasteiger partial charge in [0.1, 0.15) is 11.9 Å². The molecule has 0 saturated carbocycles. The first-order valence-electron chi connectivity index (χ1n) is 6.20. The second kappa shape index (κ2) is 5.84. The first kappa shape index (κ1) is 14.2. The van der Waals surface area contributed by atoms with Crippen LogP contribution in [0.4, 0.5) is 11.6 Å². The molecule has 0 aliphatic carbocycles. The first-order valence-corrected chi connectivity index (χ1v) is 6.96. The van der Waals surface area contributed by atoms with E-state index in [-0.39, 0.29) is 11.9 Å². The highest BCUT2D eigenvalue weighted by molar-refractivity contribution is 6.37. The first-order chi connectivity index (χ1) is 9.04. The van der Waals surface area contributed by atoms with Crippen molar-refractivity contribution in [2.75, 3.05) is 23.3 Å². The van der Waals surface area contributed by atoms with Crippen LogP contribution < -0.4 is 16.0 Å². The number of pyridine rings is 1. The van der Waals surface area contributed by atoms with Crippen LogP contribution in [0.5, 0.6) is 0 Å². The minimum absolute atomic E-state index is 0.347. The van der Waals surface area contributed by atoms with Gasteiger partial charge in [0.05, 0.1) is 10.0 Å². The van der Waals surface area contributed by atoms with Crippen molar-refractivity contribution in [3.05, 3.63) is 16.1 Å². The van der Waals surface area contributed by atoms with E-state index in [2.05, 4.69) is 10.3 Å². The van der Waals surface area contributed by atoms with Crippen LogP contribution >= 0.6 is 23.2 Å². The Morgan fingerprint density at radius 1 is 1.58 bits per heavy atom. The third kappa shape index (κ3) is 2.87. The number of amides is 1. The molecule has 1 amide bonds. The average molecular weight is 303 g/mol. The number of nitrogens with zero attached hydrogens (tertiary/aromatic N) is 2. The maximum atomic E-state index is 11.4.